The zero-order valence-electron chi connectivity index (χ0n) is 5.58. The molecule has 0 heterocycles. The molecular weight excluding hydrogens is 132 g/mol. The smallest absolute Gasteiger partial charge is 0.309 e. The summed E-state index contributed by atoms with van der Waals surface area (Å²) in [6.45, 7) is 0. The maximum absolute atomic E-state index is 10.4. The molecule has 10 heavy (non-hydrogen) atoms. The summed E-state index contributed by atoms with van der Waals surface area (Å²) in [5.41, 5.74) is -0.800. The summed E-state index contributed by atoms with van der Waals surface area (Å²) in [4.78, 5) is 10.4. The first kappa shape index (κ1) is 6.16. The standard InChI is InChI=1S/C7H10O3/c8-6(9)5-4-2-1-3-7(4,5)10/h4-5,10H,1-3H2,(H,8,9). The van der Waals surface area contributed by atoms with Crippen molar-refractivity contribution < 1.29 is 15.0 Å². The number of aliphatic carboxylic acids is 1. The number of hydrogen-bond acceptors (Lipinski definition) is 2. The Balaban J connectivity index is 2.15. The fourth-order valence-corrected chi connectivity index (χ4v) is 2.25. The second kappa shape index (κ2) is 1.53. The first-order valence-corrected chi connectivity index (χ1v) is 3.61. The lowest BCUT2D eigenvalue weighted by Crippen LogP contribution is -2.14. The molecule has 0 radical (unpaired) electrons. The third-order valence-electron chi connectivity index (χ3n) is 2.83. The van der Waals surface area contributed by atoms with Gasteiger partial charge in [0.1, 0.15) is 0 Å². The van der Waals surface area contributed by atoms with Gasteiger partial charge in [-0.15, -0.1) is 0 Å². The van der Waals surface area contributed by atoms with Gasteiger partial charge in [-0.25, -0.2) is 0 Å². The molecule has 2 rings (SSSR count). The van der Waals surface area contributed by atoms with Gasteiger partial charge in [0.15, 0.2) is 0 Å². The predicted molar refractivity (Wildman–Crippen MR) is 33.4 cm³/mol. The van der Waals surface area contributed by atoms with Gasteiger partial charge in [0.05, 0.1) is 11.5 Å². The van der Waals surface area contributed by atoms with Crippen molar-refractivity contribution in [3.8, 4) is 0 Å². The summed E-state index contributed by atoms with van der Waals surface area (Å²) < 4.78 is 0. The molecule has 0 aromatic heterocycles. The summed E-state index contributed by atoms with van der Waals surface area (Å²) in [5, 5.41) is 18.1. The highest BCUT2D eigenvalue weighted by Crippen LogP contribution is 2.60. The molecular formula is C7H10O3. The molecule has 0 aromatic carbocycles. The van der Waals surface area contributed by atoms with Crippen molar-refractivity contribution in [1.29, 1.82) is 0 Å². The van der Waals surface area contributed by atoms with E-state index in [2.05, 4.69) is 0 Å². The molecule has 2 aliphatic rings. The Morgan fingerprint density at radius 2 is 2.30 bits per heavy atom. The summed E-state index contributed by atoms with van der Waals surface area (Å²) in [6, 6.07) is 0. The van der Waals surface area contributed by atoms with E-state index in [1.54, 1.807) is 0 Å². The average molecular weight is 142 g/mol. The van der Waals surface area contributed by atoms with Gasteiger partial charge in [0.2, 0.25) is 0 Å². The van der Waals surface area contributed by atoms with E-state index in [-0.39, 0.29) is 5.92 Å². The van der Waals surface area contributed by atoms with Gasteiger partial charge < -0.3 is 10.2 Å². The van der Waals surface area contributed by atoms with E-state index in [1.165, 1.54) is 0 Å². The van der Waals surface area contributed by atoms with E-state index in [1.807, 2.05) is 0 Å². The Bertz CT molecular complexity index is 189. The maximum Gasteiger partial charge on any atom is 0.309 e. The van der Waals surface area contributed by atoms with Crippen LogP contribution < -0.4 is 0 Å². The van der Waals surface area contributed by atoms with Gasteiger partial charge in [-0.1, -0.05) is 6.42 Å². The van der Waals surface area contributed by atoms with E-state index in [9.17, 15) is 9.90 Å². The van der Waals surface area contributed by atoms with Gasteiger partial charge in [-0.2, -0.15) is 0 Å². The van der Waals surface area contributed by atoms with Crippen molar-refractivity contribution in [2.24, 2.45) is 11.8 Å². The third-order valence-corrected chi connectivity index (χ3v) is 2.83. The van der Waals surface area contributed by atoms with E-state index < -0.39 is 17.5 Å². The zero-order chi connectivity index (χ0) is 7.35. The molecule has 3 atom stereocenters. The number of rotatable bonds is 1. The van der Waals surface area contributed by atoms with Gasteiger partial charge in [-0.05, 0) is 12.8 Å². The summed E-state index contributed by atoms with van der Waals surface area (Å²) in [6.07, 6.45) is 2.58. The van der Waals surface area contributed by atoms with Crippen molar-refractivity contribution in [3.63, 3.8) is 0 Å². The van der Waals surface area contributed by atoms with Crippen LogP contribution in [0.5, 0.6) is 0 Å². The summed E-state index contributed by atoms with van der Waals surface area (Å²) >= 11 is 0. The normalized spacial score (nSPS) is 50.5. The van der Waals surface area contributed by atoms with Gasteiger partial charge in [-0.3, -0.25) is 4.79 Å². The molecule has 2 aliphatic carbocycles. The fraction of sp³-hybridized carbons (Fsp3) is 0.857. The second-order valence-electron chi connectivity index (χ2n) is 3.31. The maximum atomic E-state index is 10.4. The number of aliphatic hydroxyl groups is 1. The van der Waals surface area contributed by atoms with Crippen molar-refractivity contribution in [2.75, 3.05) is 0 Å². The van der Waals surface area contributed by atoms with E-state index >= 15 is 0 Å². The molecule has 2 N–H and O–H groups in total. The van der Waals surface area contributed by atoms with E-state index in [0.29, 0.717) is 6.42 Å². The van der Waals surface area contributed by atoms with Crippen LogP contribution in [0.3, 0.4) is 0 Å². The first-order chi connectivity index (χ1) is 4.66. The van der Waals surface area contributed by atoms with Gasteiger partial charge in [0.25, 0.3) is 0 Å². The summed E-state index contributed by atoms with van der Waals surface area (Å²) in [5.74, 6) is -1.20. The Morgan fingerprint density at radius 3 is 2.60 bits per heavy atom. The van der Waals surface area contributed by atoms with Crippen LogP contribution in [-0.4, -0.2) is 21.8 Å². The number of carboxylic acid groups (broad SMARTS) is 1. The lowest BCUT2D eigenvalue weighted by atomic mass is 10.1. The molecule has 0 aliphatic heterocycles. The first-order valence-electron chi connectivity index (χ1n) is 3.61. The largest absolute Gasteiger partial charge is 0.481 e. The molecule has 0 aromatic rings. The number of carboxylic acids is 1. The predicted octanol–water partition coefficient (Wildman–Crippen LogP) is 0.232. The van der Waals surface area contributed by atoms with Crippen molar-refractivity contribution in [3.05, 3.63) is 0 Å². The van der Waals surface area contributed by atoms with Crippen molar-refractivity contribution in [1.82, 2.24) is 0 Å². The molecule has 2 fully saturated rings. The van der Waals surface area contributed by atoms with E-state index in [0.717, 1.165) is 12.8 Å². The molecule has 56 valence electrons. The molecule has 2 saturated carbocycles. The van der Waals surface area contributed by atoms with Crippen molar-refractivity contribution >= 4 is 5.97 Å². The minimum atomic E-state index is -0.827. The number of fused-ring (bicyclic) bond motifs is 1. The molecule has 0 saturated heterocycles. The van der Waals surface area contributed by atoms with Gasteiger partial charge >= 0.3 is 5.97 Å². The highest BCUT2D eigenvalue weighted by atomic mass is 16.4. The topological polar surface area (TPSA) is 57.5 Å². The minimum Gasteiger partial charge on any atom is -0.481 e. The van der Waals surface area contributed by atoms with Crippen LogP contribution in [0, 0.1) is 11.8 Å². The molecule has 0 bridgehead atoms. The van der Waals surface area contributed by atoms with Crippen LogP contribution in [0.25, 0.3) is 0 Å². The van der Waals surface area contributed by atoms with Crippen LogP contribution in [-0.2, 0) is 4.79 Å². The molecule has 3 heteroatoms. The Kier molecular flexibility index (Phi) is 0.944. The number of carbonyl (C=O) groups is 1. The Morgan fingerprint density at radius 1 is 1.60 bits per heavy atom. The molecule has 0 spiro atoms. The van der Waals surface area contributed by atoms with Gasteiger partial charge in [0, 0.05) is 5.92 Å². The lowest BCUT2D eigenvalue weighted by Gasteiger charge is -2.02. The average Bonchev–Trinajstić information content (AvgIpc) is 2.22. The SMILES string of the molecule is O=C(O)C1C2CCCC21O. The summed E-state index contributed by atoms with van der Waals surface area (Å²) in [7, 11) is 0. The van der Waals surface area contributed by atoms with Crippen LogP contribution >= 0.6 is 0 Å². The lowest BCUT2D eigenvalue weighted by molar-refractivity contribution is -0.140. The molecule has 0 amide bonds. The molecule has 3 nitrogen and oxygen atoms in total. The highest BCUT2D eigenvalue weighted by molar-refractivity contribution is 5.77. The van der Waals surface area contributed by atoms with E-state index in [4.69, 9.17) is 5.11 Å². The van der Waals surface area contributed by atoms with Crippen LogP contribution in [0.4, 0.5) is 0 Å². The highest BCUT2D eigenvalue weighted by Gasteiger charge is 2.69. The third kappa shape index (κ3) is 0.515. The quantitative estimate of drug-likeness (QED) is 0.551. The van der Waals surface area contributed by atoms with Crippen LogP contribution in [0.2, 0.25) is 0 Å². The monoisotopic (exact) mass is 142 g/mol. The Labute approximate surface area is 58.7 Å². The zero-order valence-corrected chi connectivity index (χ0v) is 5.58. The fourth-order valence-electron chi connectivity index (χ4n) is 2.25. The van der Waals surface area contributed by atoms with Crippen LogP contribution in [0.15, 0.2) is 0 Å². The molecule has 3 unspecified atom stereocenters. The minimum absolute atomic E-state index is 0.0741. The van der Waals surface area contributed by atoms with Crippen LogP contribution in [0.1, 0.15) is 19.3 Å². The Hall–Kier alpha value is -0.570. The second-order valence-corrected chi connectivity index (χ2v) is 3.31. The number of hydrogen-bond donors (Lipinski definition) is 2. The van der Waals surface area contributed by atoms with Crippen molar-refractivity contribution in [2.45, 2.75) is 24.9 Å².